The van der Waals surface area contributed by atoms with Gasteiger partial charge >= 0.3 is 5.97 Å². The van der Waals surface area contributed by atoms with E-state index < -0.39 is 12.0 Å². The summed E-state index contributed by atoms with van der Waals surface area (Å²) in [6.45, 7) is 2.50. The van der Waals surface area contributed by atoms with Crippen LogP contribution in [-0.2, 0) is 14.3 Å². The number of nitrogen functional groups attached to an aromatic ring is 1. The van der Waals surface area contributed by atoms with Crippen LogP contribution >= 0.6 is 0 Å². The van der Waals surface area contributed by atoms with Crippen molar-refractivity contribution in [1.29, 1.82) is 0 Å². The van der Waals surface area contributed by atoms with Gasteiger partial charge in [-0.05, 0) is 19.1 Å². The van der Waals surface area contributed by atoms with Crippen LogP contribution in [0, 0.1) is 0 Å². The van der Waals surface area contributed by atoms with Gasteiger partial charge in [0.05, 0.1) is 19.4 Å². The maximum Gasteiger partial charge on any atom is 0.356 e. The van der Waals surface area contributed by atoms with Crippen LogP contribution in [0.15, 0.2) is 12.1 Å². The van der Waals surface area contributed by atoms with E-state index in [2.05, 4.69) is 20.4 Å². The number of amides is 1. The van der Waals surface area contributed by atoms with Gasteiger partial charge in [-0.3, -0.25) is 4.79 Å². The number of nitrogens with one attached hydrogen (secondary N) is 2. The molecule has 1 heterocycles. The van der Waals surface area contributed by atoms with Crippen LogP contribution in [-0.4, -0.2) is 50.3 Å². The molecule has 116 valence electrons. The number of ether oxygens (including phenoxy) is 2. The molecule has 1 aromatic heterocycles. The van der Waals surface area contributed by atoms with Gasteiger partial charge in [0.2, 0.25) is 5.91 Å². The van der Waals surface area contributed by atoms with Gasteiger partial charge in [0.1, 0.15) is 6.04 Å². The Morgan fingerprint density at radius 3 is 2.71 bits per heavy atom. The monoisotopic (exact) mass is 296 g/mol. The molecule has 1 rings (SSSR count). The lowest BCUT2D eigenvalue weighted by Crippen LogP contribution is -2.39. The molecular formula is C13H20N4O4. The van der Waals surface area contributed by atoms with E-state index in [1.807, 2.05) is 0 Å². The smallest absolute Gasteiger partial charge is 0.356 e. The average Bonchev–Trinajstić information content (AvgIpc) is 2.48. The fraction of sp³-hybridized carbons (Fsp3) is 0.462. The van der Waals surface area contributed by atoms with Crippen LogP contribution in [0.5, 0.6) is 0 Å². The number of carbonyl (C=O) groups is 2. The molecule has 0 aliphatic rings. The first-order valence-electron chi connectivity index (χ1n) is 6.37. The molecule has 0 aliphatic carbocycles. The number of hydrogen-bond donors (Lipinski definition) is 3. The minimum Gasteiger partial charge on any atom is -0.464 e. The molecule has 0 aliphatic heterocycles. The summed E-state index contributed by atoms with van der Waals surface area (Å²) in [5.41, 5.74) is 6.22. The fourth-order valence-corrected chi connectivity index (χ4v) is 1.50. The van der Waals surface area contributed by atoms with Gasteiger partial charge in [0.25, 0.3) is 0 Å². The molecule has 8 heteroatoms. The van der Waals surface area contributed by atoms with Gasteiger partial charge in [-0.2, -0.15) is 0 Å². The van der Waals surface area contributed by atoms with E-state index in [0.29, 0.717) is 18.8 Å². The van der Waals surface area contributed by atoms with Crippen LogP contribution in [0.1, 0.15) is 17.4 Å². The molecule has 0 spiro atoms. The summed E-state index contributed by atoms with van der Waals surface area (Å²) in [5, 5.41) is 5.54. The first-order valence-corrected chi connectivity index (χ1v) is 6.37. The molecule has 0 bridgehead atoms. The normalized spacial score (nSPS) is 11.6. The van der Waals surface area contributed by atoms with E-state index in [1.165, 1.54) is 19.2 Å². The van der Waals surface area contributed by atoms with Gasteiger partial charge < -0.3 is 25.8 Å². The molecule has 0 fully saturated rings. The van der Waals surface area contributed by atoms with Gasteiger partial charge in [0, 0.05) is 13.7 Å². The van der Waals surface area contributed by atoms with Crippen molar-refractivity contribution in [1.82, 2.24) is 10.3 Å². The zero-order valence-corrected chi connectivity index (χ0v) is 12.3. The maximum absolute atomic E-state index is 11.8. The largest absolute Gasteiger partial charge is 0.464 e. The highest BCUT2D eigenvalue weighted by molar-refractivity contribution is 5.89. The van der Waals surface area contributed by atoms with E-state index in [4.69, 9.17) is 10.5 Å². The van der Waals surface area contributed by atoms with Crippen LogP contribution in [0.2, 0.25) is 0 Å². The third kappa shape index (κ3) is 4.92. The summed E-state index contributed by atoms with van der Waals surface area (Å²) in [5.74, 6) is -0.542. The van der Waals surface area contributed by atoms with E-state index in [-0.39, 0.29) is 17.4 Å². The Morgan fingerprint density at radius 1 is 1.38 bits per heavy atom. The molecule has 0 radical (unpaired) electrons. The minimum absolute atomic E-state index is 0.112. The molecule has 1 amide bonds. The molecule has 8 nitrogen and oxygen atoms in total. The SMILES string of the molecule is COCCNC(=O)C(C)Nc1nc(C(=O)OC)ccc1N. The summed E-state index contributed by atoms with van der Waals surface area (Å²) in [4.78, 5) is 27.3. The predicted octanol–water partition coefficient (Wildman–Crippen LogP) is 0.0134. The molecule has 0 saturated heterocycles. The Labute approximate surface area is 123 Å². The summed E-state index contributed by atoms with van der Waals surface area (Å²) in [6.07, 6.45) is 0. The lowest BCUT2D eigenvalue weighted by Gasteiger charge is -2.16. The molecule has 1 unspecified atom stereocenters. The standard InChI is InChI=1S/C13H20N4O4/c1-8(12(18)15-6-7-20-2)16-11-9(14)4-5-10(17-11)13(19)21-3/h4-5,8H,6-7,14H2,1-3H3,(H,15,18)(H,16,17). The number of pyridine rings is 1. The number of rotatable bonds is 7. The number of esters is 1. The molecule has 1 atom stereocenters. The molecule has 4 N–H and O–H groups in total. The second-order valence-electron chi connectivity index (χ2n) is 4.28. The van der Waals surface area contributed by atoms with Gasteiger partial charge in [-0.25, -0.2) is 9.78 Å². The number of nitrogens with two attached hydrogens (primary N) is 1. The van der Waals surface area contributed by atoms with Crippen LogP contribution in [0.3, 0.4) is 0 Å². The number of carbonyl (C=O) groups excluding carboxylic acids is 2. The molecule has 0 saturated carbocycles. The second kappa shape index (κ2) is 8.05. The predicted molar refractivity (Wildman–Crippen MR) is 78.0 cm³/mol. The minimum atomic E-state index is -0.574. The lowest BCUT2D eigenvalue weighted by molar-refractivity contribution is -0.121. The molecule has 0 aromatic carbocycles. The Morgan fingerprint density at radius 2 is 2.10 bits per heavy atom. The number of aromatic nitrogens is 1. The van der Waals surface area contributed by atoms with Crippen molar-refractivity contribution < 1.29 is 19.1 Å². The van der Waals surface area contributed by atoms with E-state index in [9.17, 15) is 9.59 Å². The highest BCUT2D eigenvalue weighted by Crippen LogP contribution is 2.17. The van der Waals surface area contributed by atoms with Crippen molar-refractivity contribution in [3.05, 3.63) is 17.8 Å². The summed E-state index contributed by atoms with van der Waals surface area (Å²) >= 11 is 0. The van der Waals surface area contributed by atoms with Crippen molar-refractivity contribution in [2.75, 3.05) is 38.4 Å². The first-order chi connectivity index (χ1) is 9.99. The zero-order chi connectivity index (χ0) is 15.8. The topological polar surface area (TPSA) is 116 Å². The summed E-state index contributed by atoms with van der Waals surface area (Å²) in [7, 11) is 2.82. The van der Waals surface area contributed by atoms with E-state index in [0.717, 1.165) is 0 Å². The van der Waals surface area contributed by atoms with Gasteiger partial charge in [0.15, 0.2) is 11.5 Å². The Kier molecular flexibility index (Phi) is 6.41. The second-order valence-corrected chi connectivity index (χ2v) is 4.28. The third-order valence-electron chi connectivity index (χ3n) is 2.67. The summed E-state index contributed by atoms with van der Waals surface area (Å²) in [6, 6.07) is 2.41. The lowest BCUT2D eigenvalue weighted by atomic mass is 10.2. The average molecular weight is 296 g/mol. The molecule has 21 heavy (non-hydrogen) atoms. The Hall–Kier alpha value is -2.35. The van der Waals surface area contributed by atoms with Gasteiger partial charge in [-0.1, -0.05) is 0 Å². The summed E-state index contributed by atoms with van der Waals surface area (Å²) < 4.78 is 9.43. The van der Waals surface area contributed by atoms with Gasteiger partial charge in [-0.15, -0.1) is 0 Å². The van der Waals surface area contributed by atoms with Crippen molar-refractivity contribution >= 4 is 23.4 Å². The fourth-order valence-electron chi connectivity index (χ4n) is 1.50. The van der Waals surface area contributed by atoms with E-state index >= 15 is 0 Å². The first kappa shape index (κ1) is 16.7. The van der Waals surface area contributed by atoms with Crippen LogP contribution < -0.4 is 16.4 Å². The highest BCUT2D eigenvalue weighted by Gasteiger charge is 2.16. The highest BCUT2D eigenvalue weighted by atomic mass is 16.5. The number of hydrogen-bond acceptors (Lipinski definition) is 7. The molecular weight excluding hydrogens is 276 g/mol. The quantitative estimate of drug-likeness (QED) is 0.479. The third-order valence-corrected chi connectivity index (χ3v) is 2.67. The van der Waals surface area contributed by atoms with Crippen molar-refractivity contribution in [2.24, 2.45) is 0 Å². The van der Waals surface area contributed by atoms with Crippen LogP contribution in [0.4, 0.5) is 11.5 Å². The maximum atomic E-state index is 11.8. The Balaban J connectivity index is 2.72. The number of nitrogens with zero attached hydrogens (tertiary/aromatic N) is 1. The number of methoxy groups -OCH3 is 2. The molecule has 1 aromatic rings. The van der Waals surface area contributed by atoms with Crippen molar-refractivity contribution in [3.8, 4) is 0 Å². The van der Waals surface area contributed by atoms with Crippen LogP contribution in [0.25, 0.3) is 0 Å². The Bertz CT molecular complexity index is 507. The van der Waals surface area contributed by atoms with Crippen molar-refractivity contribution in [3.63, 3.8) is 0 Å². The zero-order valence-electron chi connectivity index (χ0n) is 12.3. The van der Waals surface area contributed by atoms with Crippen molar-refractivity contribution in [2.45, 2.75) is 13.0 Å². The van der Waals surface area contributed by atoms with E-state index in [1.54, 1.807) is 14.0 Å². The number of anilines is 2.